The van der Waals surface area contributed by atoms with Gasteiger partial charge in [0.15, 0.2) is 5.82 Å². The molecule has 1 amide bonds. The van der Waals surface area contributed by atoms with Gasteiger partial charge in [-0.3, -0.25) is 14.7 Å². The Bertz CT molecular complexity index is 1630. The number of nitrogens with zero attached hydrogens (tertiary/aromatic N) is 5. The van der Waals surface area contributed by atoms with Crippen LogP contribution in [0.15, 0.2) is 42.6 Å². The van der Waals surface area contributed by atoms with Gasteiger partial charge < -0.3 is 15.0 Å². The lowest BCUT2D eigenvalue weighted by Gasteiger charge is -2.31. The summed E-state index contributed by atoms with van der Waals surface area (Å²) in [6.45, 7) is 4.18. The molecule has 7 rings (SSSR count). The van der Waals surface area contributed by atoms with E-state index < -0.39 is 11.6 Å². The molecule has 0 aliphatic carbocycles. The fourth-order valence-corrected chi connectivity index (χ4v) is 6.81. The first-order valence-corrected chi connectivity index (χ1v) is 14.5. The summed E-state index contributed by atoms with van der Waals surface area (Å²) in [5.41, 5.74) is 0.422. The lowest BCUT2D eigenvalue weighted by atomic mass is 9.95. The molecule has 0 atom stereocenters. The Hall–Kier alpha value is -3.92. The quantitative estimate of drug-likeness (QED) is 0.375. The van der Waals surface area contributed by atoms with Gasteiger partial charge in [0.05, 0.1) is 10.9 Å². The van der Waals surface area contributed by atoms with Crippen LogP contribution in [0.1, 0.15) is 38.5 Å². The Kier molecular flexibility index (Phi) is 6.65. The van der Waals surface area contributed by atoms with E-state index in [1.54, 1.807) is 36.5 Å². The Labute approximate surface area is 236 Å². The number of pyridine rings is 1. The first kappa shape index (κ1) is 26.0. The second-order valence-corrected chi connectivity index (χ2v) is 11.3. The highest BCUT2D eigenvalue weighted by Gasteiger charge is 2.45. The van der Waals surface area contributed by atoms with Crippen molar-refractivity contribution in [3.63, 3.8) is 0 Å². The van der Waals surface area contributed by atoms with Crippen LogP contribution in [-0.2, 0) is 4.79 Å². The van der Waals surface area contributed by atoms with Crippen molar-refractivity contribution < 1.29 is 18.3 Å². The zero-order valence-corrected chi connectivity index (χ0v) is 22.8. The van der Waals surface area contributed by atoms with Crippen LogP contribution in [0, 0.1) is 11.6 Å². The molecule has 0 spiro atoms. The van der Waals surface area contributed by atoms with Crippen LogP contribution in [0.25, 0.3) is 32.9 Å². The van der Waals surface area contributed by atoms with Crippen LogP contribution in [-0.4, -0.2) is 70.6 Å². The summed E-state index contributed by atoms with van der Waals surface area (Å²) >= 11 is 0. The van der Waals surface area contributed by atoms with E-state index >= 15 is 4.39 Å². The second kappa shape index (κ2) is 10.5. The summed E-state index contributed by atoms with van der Waals surface area (Å²) in [6.07, 6.45) is 6.95. The standard InChI is InChI=1S/C31H32F2N6O2/c32-23-9-2-7-20-6-1-8-21(25(20)23)27-26(33)28-22(18-35-27)29(38-14-5-13-34-24(40)10-17-38)37-30(36-28)41-19-31-11-3-15-39(31)16-4-12-31/h1-2,6-9,18H,3-5,10-17,19H2,(H,34,40). The molecule has 3 aliphatic heterocycles. The van der Waals surface area contributed by atoms with Gasteiger partial charge in [0.1, 0.15) is 29.5 Å². The Morgan fingerprint density at radius 3 is 2.61 bits per heavy atom. The van der Waals surface area contributed by atoms with Crippen LogP contribution >= 0.6 is 0 Å². The molecule has 2 aromatic heterocycles. The van der Waals surface area contributed by atoms with E-state index in [4.69, 9.17) is 9.72 Å². The van der Waals surface area contributed by atoms with E-state index in [9.17, 15) is 9.18 Å². The predicted molar refractivity (Wildman–Crippen MR) is 153 cm³/mol. The highest BCUT2D eigenvalue weighted by molar-refractivity contribution is 5.99. The Morgan fingerprint density at radius 2 is 1.78 bits per heavy atom. The smallest absolute Gasteiger partial charge is 0.319 e. The summed E-state index contributed by atoms with van der Waals surface area (Å²) in [5.74, 6) is -0.634. The minimum absolute atomic E-state index is 0.0206. The number of nitrogens with one attached hydrogen (secondary N) is 1. The normalized spacial score (nSPS) is 19.3. The molecule has 0 radical (unpaired) electrons. The topological polar surface area (TPSA) is 83.5 Å². The van der Waals surface area contributed by atoms with Crippen LogP contribution in [0.2, 0.25) is 0 Å². The molecule has 1 N–H and O–H groups in total. The van der Waals surface area contributed by atoms with Gasteiger partial charge in [-0.1, -0.05) is 30.3 Å². The van der Waals surface area contributed by atoms with E-state index in [0.29, 0.717) is 60.2 Å². The predicted octanol–water partition coefficient (Wildman–Crippen LogP) is 4.85. The minimum atomic E-state index is -0.655. The zero-order chi connectivity index (χ0) is 28.0. The van der Waals surface area contributed by atoms with Gasteiger partial charge in [-0.2, -0.15) is 9.97 Å². The summed E-state index contributed by atoms with van der Waals surface area (Å²) in [5, 5.41) is 4.30. The Balaban J connectivity index is 1.35. The zero-order valence-electron chi connectivity index (χ0n) is 22.8. The van der Waals surface area contributed by atoms with Gasteiger partial charge in [0.25, 0.3) is 0 Å². The number of carbonyl (C=O) groups excluding carboxylic acids is 1. The summed E-state index contributed by atoms with van der Waals surface area (Å²) in [4.78, 5) is 30.5. The number of amides is 1. The molecule has 0 saturated carbocycles. The molecule has 0 unspecified atom stereocenters. The summed E-state index contributed by atoms with van der Waals surface area (Å²) < 4.78 is 37.7. The SMILES string of the molecule is O=C1CCN(c2nc(OCC34CCCN3CCC4)nc3c(F)c(-c4cccc5cccc(F)c45)ncc23)CCCN1. The van der Waals surface area contributed by atoms with Crippen molar-refractivity contribution in [2.45, 2.75) is 44.1 Å². The number of halogens is 2. The van der Waals surface area contributed by atoms with Crippen molar-refractivity contribution in [1.82, 2.24) is 25.2 Å². The van der Waals surface area contributed by atoms with E-state index in [1.165, 1.54) is 6.07 Å². The van der Waals surface area contributed by atoms with Crippen LogP contribution in [0.3, 0.4) is 0 Å². The van der Waals surface area contributed by atoms with E-state index in [2.05, 4.69) is 20.2 Å². The maximum atomic E-state index is 16.5. The molecule has 10 heteroatoms. The number of anilines is 1. The fourth-order valence-electron chi connectivity index (χ4n) is 6.81. The van der Waals surface area contributed by atoms with Crippen molar-refractivity contribution in [2.75, 3.05) is 44.2 Å². The van der Waals surface area contributed by atoms with Crippen molar-refractivity contribution in [3.8, 4) is 17.3 Å². The average molecular weight is 559 g/mol. The molecule has 3 saturated heterocycles. The van der Waals surface area contributed by atoms with Crippen molar-refractivity contribution in [2.24, 2.45) is 0 Å². The molecule has 8 nitrogen and oxygen atoms in total. The molecular weight excluding hydrogens is 526 g/mol. The van der Waals surface area contributed by atoms with Crippen molar-refractivity contribution >= 4 is 33.4 Å². The van der Waals surface area contributed by atoms with Crippen LogP contribution in [0.5, 0.6) is 6.01 Å². The second-order valence-electron chi connectivity index (χ2n) is 11.3. The number of carbonyl (C=O) groups is 1. The summed E-state index contributed by atoms with van der Waals surface area (Å²) in [6, 6.07) is 10.1. The van der Waals surface area contributed by atoms with E-state index in [1.807, 2.05) is 4.90 Å². The van der Waals surface area contributed by atoms with Gasteiger partial charge in [-0.05, 0) is 56.6 Å². The molecule has 3 aliphatic rings. The first-order valence-electron chi connectivity index (χ1n) is 14.5. The highest BCUT2D eigenvalue weighted by Crippen LogP contribution is 2.40. The van der Waals surface area contributed by atoms with Crippen LogP contribution < -0.4 is 15.0 Å². The molecular formula is C31H32F2N6O2. The highest BCUT2D eigenvalue weighted by atomic mass is 19.1. The number of fused-ring (bicyclic) bond motifs is 3. The van der Waals surface area contributed by atoms with Gasteiger partial charge >= 0.3 is 6.01 Å². The first-order chi connectivity index (χ1) is 20.0. The lowest BCUT2D eigenvalue weighted by Crippen LogP contribution is -2.43. The largest absolute Gasteiger partial charge is 0.461 e. The minimum Gasteiger partial charge on any atom is -0.461 e. The maximum Gasteiger partial charge on any atom is 0.319 e. The third kappa shape index (κ3) is 4.64. The maximum absolute atomic E-state index is 16.5. The number of benzene rings is 2. The van der Waals surface area contributed by atoms with Gasteiger partial charge in [-0.25, -0.2) is 8.78 Å². The third-order valence-electron chi connectivity index (χ3n) is 8.87. The molecule has 5 heterocycles. The number of rotatable bonds is 5. The number of hydrogen-bond donors (Lipinski definition) is 1. The number of ether oxygens (including phenoxy) is 1. The monoisotopic (exact) mass is 558 g/mol. The number of aromatic nitrogens is 3. The molecule has 41 heavy (non-hydrogen) atoms. The molecule has 2 aromatic carbocycles. The third-order valence-corrected chi connectivity index (χ3v) is 8.87. The van der Waals surface area contributed by atoms with E-state index in [-0.39, 0.29) is 28.7 Å². The average Bonchev–Trinajstić information content (AvgIpc) is 3.55. The van der Waals surface area contributed by atoms with Gasteiger partial charge in [-0.15, -0.1) is 0 Å². The van der Waals surface area contributed by atoms with Crippen molar-refractivity contribution in [3.05, 3.63) is 54.2 Å². The Morgan fingerprint density at radius 1 is 0.976 bits per heavy atom. The molecule has 212 valence electrons. The van der Waals surface area contributed by atoms with Gasteiger partial charge in [0, 0.05) is 43.2 Å². The lowest BCUT2D eigenvalue weighted by molar-refractivity contribution is -0.121. The van der Waals surface area contributed by atoms with Gasteiger partial charge in [0.2, 0.25) is 5.91 Å². The number of hydrogen-bond acceptors (Lipinski definition) is 7. The van der Waals surface area contributed by atoms with E-state index in [0.717, 1.165) is 45.2 Å². The molecule has 0 bridgehead atoms. The molecule has 4 aromatic rings. The summed E-state index contributed by atoms with van der Waals surface area (Å²) in [7, 11) is 0. The van der Waals surface area contributed by atoms with Crippen molar-refractivity contribution in [1.29, 1.82) is 0 Å². The fraction of sp³-hybridized carbons (Fsp3) is 0.419. The molecule has 3 fully saturated rings. The van der Waals surface area contributed by atoms with Crippen LogP contribution in [0.4, 0.5) is 14.6 Å².